The molecular formula is C14H26N2. The van der Waals surface area contributed by atoms with Gasteiger partial charge in [-0.3, -0.25) is 9.80 Å². The van der Waals surface area contributed by atoms with Gasteiger partial charge in [-0.1, -0.05) is 24.3 Å². The Morgan fingerprint density at radius 3 is 1.81 bits per heavy atom. The smallest absolute Gasteiger partial charge is 0.0201 e. The summed E-state index contributed by atoms with van der Waals surface area (Å²) in [7, 11) is 0. The Kier molecular flexibility index (Phi) is 4.75. The van der Waals surface area contributed by atoms with Crippen LogP contribution in [0.5, 0.6) is 0 Å². The van der Waals surface area contributed by atoms with Crippen LogP contribution in [0.4, 0.5) is 0 Å². The van der Waals surface area contributed by atoms with Crippen LogP contribution in [0.15, 0.2) is 24.3 Å². The summed E-state index contributed by atoms with van der Waals surface area (Å²) >= 11 is 0. The fraction of sp³-hybridized carbons (Fsp3) is 0.714. The summed E-state index contributed by atoms with van der Waals surface area (Å²) in [5.41, 5.74) is 2.51. The number of hydrogen-bond donors (Lipinski definition) is 0. The van der Waals surface area contributed by atoms with Crippen LogP contribution in [-0.4, -0.2) is 48.1 Å². The Balaban J connectivity index is 2.56. The van der Waals surface area contributed by atoms with E-state index in [2.05, 4.69) is 50.7 Å². The van der Waals surface area contributed by atoms with E-state index in [1.165, 1.54) is 11.1 Å². The van der Waals surface area contributed by atoms with Crippen LogP contribution in [0.3, 0.4) is 0 Å². The van der Waals surface area contributed by atoms with Gasteiger partial charge in [0, 0.05) is 38.3 Å². The molecule has 0 saturated carbocycles. The molecule has 2 heteroatoms. The largest absolute Gasteiger partial charge is 0.296 e. The quantitative estimate of drug-likeness (QED) is 0.674. The predicted octanol–water partition coefficient (Wildman–Crippen LogP) is 2.53. The van der Waals surface area contributed by atoms with Gasteiger partial charge >= 0.3 is 0 Å². The van der Waals surface area contributed by atoms with Gasteiger partial charge in [-0.15, -0.1) is 0 Å². The first kappa shape index (κ1) is 13.5. The summed E-state index contributed by atoms with van der Waals surface area (Å²) in [5, 5.41) is 0. The topological polar surface area (TPSA) is 6.48 Å². The van der Waals surface area contributed by atoms with Crippen molar-refractivity contribution in [3.05, 3.63) is 24.3 Å². The Bertz CT molecular complexity index is 258. The van der Waals surface area contributed by atoms with Crippen LogP contribution in [0.2, 0.25) is 0 Å². The Labute approximate surface area is 101 Å². The van der Waals surface area contributed by atoms with E-state index in [0.29, 0.717) is 12.1 Å². The van der Waals surface area contributed by atoms with Crippen molar-refractivity contribution in [2.45, 2.75) is 39.8 Å². The number of rotatable bonds is 4. The minimum absolute atomic E-state index is 0.611. The van der Waals surface area contributed by atoms with Crippen LogP contribution < -0.4 is 0 Å². The monoisotopic (exact) mass is 222 g/mol. The summed E-state index contributed by atoms with van der Waals surface area (Å²) in [4.78, 5) is 5.06. The molecule has 1 fully saturated rings. The molecule has 1 aliphatic rings. The van der Waals surface area contributed by atoms with Gasteiger partial charge in [-0.25, -0.2) is 0 Å². The van der Waals surface area contributed by atoms with Crippen molar-refractivity contribution in [2.24, 2.45) is 0 Å². The molecule has 1 saturated heterocycles. The number of piperazine rings is 1. The zero-order chi connectivity index (χ0) is 12.3. The maximum absolute atomic E-state index is 4.02. The standard InChI is InChI=1S/C14H26N2/c1-11(2)7-15-9-13(5)16(8-12(3)4)14(6)10-15/h13-14H,1,3,7-10H2,2,4-6H3. The molecule has 1 heterocycles. The molecule has 0 spiro atoms. The van der Waals surface area contributed by atoms with E-state index in [1.54, 1.807) is 0 Å². The average Bonchev–Trinajstić information content (AvgIpc) is 2.10. The van der Waals surface area contributed by atoms with E-state index in [1.807, 2.05) is 0 Å². The minimum Gasteiger partial charge on any atom is -0.296 e. The normalized spacial score (nSPS) is 28.0. The molecule has 0 bridgehead atoms. The first-order valence-electron chi connectivity index (χ1n) is 6.17. The van der Waals surface area contributed by atoms with E-state index < -0.39 is 0 Å². The maximum atomic E-state index is 4.02. The highest BCUT2D eigenvalue weighted by atomic mass is 15.3. The van der Waals surface area contributed by atoms with Gasteiger partial charge in [0.2, 0.25) is 0 Å². The number of nitrogens with zero attached hydrogens (tertiary/aromatic N) is 2. The third-order valence-corrected chi connectivity index (χ3v) is 3.12. The molecule has 0 amide bonds. The Hall–Kier alpha value is -0.600. The van der Waals surface area contributed by atoms with Crippen molar-refractivity contribution in [1.29, 1.82) is 0 Å². The summed E-state index contributed by atoms with van der Waals surface area (Å²) in [6.07, 6.45) is 0. The molecule has 0 aliphatic carbocycles. The summed E-state index contributed by atoms with van der Waals surface area (Å²) in [6, 6.07) is 1.22. The second kappa shape index (κ2) is 5.65. The molecule has 1 aliphatic heterocycles. The predicted molar refractivity (Wildman–Crippen MR) is 71.7 cm³/mol. The zero-order valence-corrected chi connectivity index (χ0v) is 11.3. The van der Waals surface area contributed by atoms with Gasteiger partial charge in [0.25, 0.3) is 0 Å². The Morgan fingerprint density at radius 1 is 1.00 bits per heavy atom. The lowest BCUT2D eigenvalue weighted by Gasteiger charge is -2.44. The van der Waals surface area contributed by atoms with Crippen LogP contribution >= 0.6 is 0 Å². The molecule has 0 aromatic carbocycles. The SMILES string of the molecule is C=C(C)CN1CC(C)N(CC(=C)C)C(C)C1. The second-order valence-corrected chi connectivity index (χ2v) is 5.48. The molecule has 16 heavy (non-hydrogen) atoms. The van der Waals surface area contributed by atoms with E-state index in [0.717, 1.165) is 26.2 Å². The van der Waals surface area contributed by atoms with Crippen molar-refractivity contribution in [1.82, 2.24) is 9.80 Å². The van der Waals surface area contributed by atoms with Crippen molar-refractivity contribution < 1.29 is 0 Å². The van der Waals surface area contributed by atoms with Gasteiger partial charge in [-0.2, -0.15) is 0 Å². The molecular weight excluding hydrogens is 196 g/mol. The lowest BCUT2D eigenvalue weighted by atomic mass is 10.1. The molecule has 2 atom stereocenters. The molecule has 0 aromatic rings. The van der Waals surface area contributed by atoms with Crippen molar-refractivity contribution in [2.75, 3.05) is 26.2 Å². The molecule has 0 aromatic heterocycles. The maximum Gasteiger partial charge on any atom is 0.0201 e. The third kappa shape index (κ3) is 3.76. The fourth-order valence-corrected chi connectivity index (χ4v) is 2.60. The van der Waals surface area contributed by atoms with E-state index in [9.17, 15) is 0 Å². The minimum atomic E-state index is 0.611. The highest BCUT2D eigenvalue weighted by Gasteiger charge is 2.28. The van der Waals surface area contributed by atoms with Crippen LogP contribution in [0.1, 0.15) is 27.7 Å². The van der Waals surface area contributed by atoms with E-state index in [-0.39, 0.29) is 0 Å². The van der Waals surface area contributed by atoms with Gasteiger partial charge in [0.15, 0.2) is 0 Å². The highest BCUT2D eigenvalue weighted by Crippen LogP contribution is 2.17. The zero-order valence-electron chi connectivity index (χ0n) is 11.3. The molecule has 0 N–H and O–H groups in total. The molecule has 2 nitrogen and oxygen atoms in total. The molecule has 1 rings (SSSR count). The summed E-state index contributed by atoms with van der Waals surface area (Å²) in [6.45, 7) is 21.2. The first-order chi connectivity index (χ1) is 7.40. The third-order valence-electron chi connectivity index (χ3n) is 3.12. The van der Waals surface area contributed by atoms with Crippen LogP contribution in [-0.2, 0) is 0 Å². The molecule has 92 valence electrons. The Morgan fingerprint density at radius 2 is 1.44 bits per heavy atom. The van der Waals surface area contributed by atoms with Crippen molar-refractivity contribution >= 4 is 0 Å². The molecule has 2 unspecified atom stereocenters. The van der Waals surface area contributed by atoms with Crippen LogP contribution in [0.25, 0.3) is 0 Å². The number of hydrogen-bond acceptors (Lipinski definition) is 2. The lowest BCUT2D eigenvalue weighted by Crippen LogP contribution is -2.57. The van der Waals surface area contributed by atoms with Crippen molar-refractivity contribution in [3.63, 3.8) is 0 Å². The summed E-state index contributed by atoms with van der Waals surface area (Å²) < 4.78 is 0. The highest BCUT2D eigenvalue weighted by molar-refractivity contribution is 4.99. The van der Waals surface area contributed by atoms with Gasteiger partial charge in [0.1, 0.15) is 0 Å². The van der Waals surface area contributed by atoms with Gasteiger partial charge in [-0.05, 0) is 27.7 Å². The van der Waals surface area contributed by atoms with E-state index >= 15 is 0 Å². The molecule has 0 radical (unpaired) electrons. The van der Waals surface area contributed by atoms with Gasteiger partial charge in [0.05, 0.1) is 0 Å². The lowest BCUT2D eigenvalue weighted by molar-refractivity contribution is 0.0515. The second-order valence-electron chi connectivity index (χ2n) is 5.48. The summed E-state index contributed by atoms with van der Waals surface area (Å²) in [5.74, 6) is 0. The fourth-order valence-electron chi connectivity index (χ4n) is 2.60. The van der Waals surface area contributed by atoms with Crippen LogP contribution in [0, 0.1) is 0 Å². The van der Waals surface area contributed by atoms with E-state index in [4.69, 9.17) is 0 Å². The van der Waals surface area contributed by atoms with Gasteiger partial charge < -0.3 is 0 Å². The van der Waals surface area contributed by atoms with Crippen molar-refractivity contribution in [3.8, 4) is 0 Å². The average molecular weight is 222 g/mol. The first-order valence-corrected chi connectivity index (χ1v) is 6.17.